The zero-order valence-electron chi connectivity index (χ0n) is 10.2. The number of hydrogen-bond acceptors (Lipinski definition) is 3. The summed E-state index contributed by atoms with van der Waals surface area (Å²) in [6.45, 7) is 3.49. The highest BCUT2D eigenvalue weighted by molar-refractivity contribution is 6.13. The molecule has 3 nitrogen and oxygen atoms in total. The summed E-state index contributed by atoms with van der Waals surface area (Å²) in [5.74, 6) is -0.390. The first kappa shape index (κ1) is 12.2. The average molecular weight is 244 g/mol. The van der Waals surface area contributed by atoms with Gasteiger partial charge >= 0.3 is 0 Å². The summed E-state index contributed by atoms with van der Waals surface area (Å²) in [6, 6.07) is 5.79. The maximum atomic E-state index is 13.0. The van der Waals surface area contributed by atoms with Gasteiger partial charge in [-0.2, -0.15) is 0 Å². The topological polar surface area (TPSA) is 56.0 Å². The lowest BCUT2D eigenvalue weighted by molar-refractivity contribution is 0.103. The molecule has 92 valence electrons. The lowest BCUT2D eigenvalue weighted by Crippen LogP contribution is -2.10. The van der Waals surface area contributed by atoms with Crippen LogP contribution in [0.25, 0.3) is 0 Å². The number of nitrogen functional groups attached to an aromatic ring is 1. The fraction of sp³-hybridized carbons (Fsp3) is 0.143. The van der Waals surface area contributed by atoms with Crippen molar-refractivity contribution in [2.75, 3.05) is 5.73 Å². The first-order valence-electron chi connectivity index (χ1n) is 5.52. The zero-order chi connectivity index (χ0) is 13.3. The molecule has 1 aromatic heterocycles. The van der Waals surface area contributed by atoms with Crippen molar-refractivity contribution in [2.45, 2.75) is 13.8 Å². The normalized spacial score (nSPS) is 10.4. The van der Waals surface area contributed by atoms with Gasteiger partial charge in [-0.05, 0) is 49.2 Å². The van der Waals surface area contributed by atoms with Gasteiger partial charge in [-0.3, -0.25) is 4.79 Å². The summed E-state index contributed by atoms with van der Waals surface area (Å²) in [4.78, 5) is 16.3. The Balaban J connectivity index is 2.55. The molecule has 0 saturated carbocycles. The van der Waals surface area contributed by atoms with Crippen molar-refractivity contribution in [3.8, 4) is 0 Å². The van der Waals surface area contributed by atoms with Crippen LogP contribution in [0.4, 0.5) is 10.2 Å². The fourth-order valence-electron chi connectivity index (χ4n) is 1.89. The van der Waals surface area contributed by atoms with E-state index in [0.717, 1.165) is 5.56 Å². The number of pyridine rings is 1. The standard InChI is InChI=1S/C14H13FN2O/c1-8-5-6-17-14(16)12(8)13(18)11-4-3-10(15)7-9(11)2/h3-7H,1-2H3,(H2,16,17). The number of rotatable bonds is 2. The quantitative estimate of drug-likeness (QED) is 0.826. The molecule has 0 spiro atoms. The molecular weight excluding hydrogens is 231 g/mol. The van der Waals surface area contributed by atoms with Crippen LogP contribution >= 0.6 is 0 Å². The predicted molar refractivity (Wildman–Crippen MR) is 68.0 cm³/mol. The van der Waals surface area contributed by atoms with Gasteiger partial charge in [0.2, 0.25) is 0 Å². The van der Waals surface area contributed by atoms with Crippen LogP contribution in [0.2, 0.25) is 0 Å². The van der Waals surface area contributed by atoms with Crippen molar-refractivity contribution in [1.82, 2.24) is 4.98 Å². The summed E-state index contributed by atoms with van der Waals surface area (Å²) >= 11 is 0. The van der Waals surface area contributed by atoms with Gasteiger partial charge in [0.25, 0.3) is 0 Å². The molecule has 0 aliphatic carbocycles. The van der Waals surface area contributed by atoms with Crippen molar-refractivity contribution < 1.29 is 9.18 Å². The number of carbonyl (C=O) groups excluding carboxylic acids is 1. The van der Waals surface area contributed by atoms with Gasteiger partial charge in [-0.15, -0.1) is 0 Å². The summed E-state index contributed by atoms with van der Waals surface area (Å²) in [6.07, 6.45) is 1.55. The van der Waals surface area contributed by atoms with Crippen LogP contribution in [-0.2, 0) is 0 Å². The van der Waals surface area contributed by atoms with Gasteiger partial charge in [0.15, 0.2) is 5.78 Å². The number of aryl methyl sites for hydroxylation is 2. The molecule has 1 aromatic carbocycles. The zero-order valence-corrected chi connectivity index (χ0v) is 10.2. The molecule has 0 unspecified atom stereocenters. The minimum atomic E-state index is -0.361. The summed E-state index contributed by atoms with van der Waals surface area (Å²) in [5.41, 5.74) is 7.91. The van der Waals surface area contributed by atoms with E-state index in [0.29, 0.717) is 16.7 Å². The van der Waals surface area contributed by atoms with Gasteiger partial charge in [0, 0.05) is 11.8 Å². The first-order chi connectivity index (χ1) is 8.50. The molecule has 2 rings (SSSR count). The summed E-state index contributed by atoms with van der Waals surface area (Å²) in [7, 11) is 0. The van der Waals surface area contributed by atoms with Crippen molar-refractivity contribution >= 4 is 11.6 Å². The molecular formula is C14H13FN2O. The lowest BCUT2D eigenvalue weighted by Gasteiger charge is -2.09. The molecule has 1 heterocycles. The Hall–Kier alpha value is -2.23. The number of benzene rings is 1. The molecule has 2 aromatic rings. The van der Waals surface area contributed by atoms with Crippen LogP contribution in [0.3, 0.4) is 0 Å². The molecule has 4 heteroatoms. The Kier molecular flexibility index (Phi) is 3.10. The predicted octanol–water partition coefficient (Wildman–Crippen LogP) is 2.65. The number of nitrogens with two attached hydrogens (primary N) is 1. The van der Waals surface area contributed by atoms with Crippen LogP contribution < -0.4 is 5.73 Å². The van der Waals surface area contributed by atoms with Crippen molar-refractivity contribution in [2.24, 2.45) is 0 Å². The lowest BCUT2D eigenvalue weighted by atomic mass is 9.97. The molecule has 0 atom stereocenters. The minimum Gasteiger partial charge on any atom is -0.383 e. The number of ketones is 1. The van der Waals surface area contributed by atoms with Crippen LogP contribution in [0.15, 0.2) is 30.5 Å². The van der Waals surface area contributed by atoms with Crippen LogP contribution in [0.5, 0.6) is 0 Å². The molecule has 0 bridgehead atoms. The molecule has 0 saturated heterocycles. The number of aromatic nitrogens is 1. The first-order valence-corrected chi connectivity index (χ1v) is 5.52. The SMILES string of the molecule is Cc1cc(F)ccc1C(=O)c1c(C)ccnc1N. The van der Waals surface area contributed by atoms with Crippen molar-refractivity contribution in [3.63, 3.8) is 0 Å². The molecule has 2 N–H and O–H groups in total. The highest BCUT2D eigenvalue weighted by Crippen LogP contribution is 2.21. The van der Waals surface area contributed by atoms with E-state index in [9.17, 15) is 9.18 Å². The van der Waals surface area contributed by atoms with Gasteiger partial charge in [-0.1, -0.05) is 0 Å². The Bertz CT molecular complexity index is 603. The molecule has 18 heavy (non-hydrogen) atoms. The molecule has 0 aliphatic rings. The second kappa shape index (κ2) is 4.56. The number of anilines is 1. The third kappa shape index (κ3) is 2.09. The molecule has 0 amide bonds. The minimum absolute atomic E-state index is 0.198. The van der Waals surface area contributed by atoms with E-state index in [1.165, 1.54) is 18.2 Å². The average Bonchev–Trinajstić information content (AvgIpc) is 2.28. The smallest absolute Gasteiger partial charge is 0.197 e. The van der Waals surface area contributed by atoms with E-state index in [-0.39, 0.29) is 17.4 Å². The second-order valence-electron chi connectivity index (χ2n) is 4.18. The van der Waals surface area contributed by atoms with Crippen molar-refractivity contribution in [1.29, 1.82) is 0 Å². The monoisotopic (exact) mass is 244 g/mol. The van der Waals surface area contributed by atoms with E-state index in [2.05, 4.69) is 4.98 Å². The van der Waals surface area contributed by atoms with E-state index >= 15 is 0 Å². The number of halogens is 1. The highest BCUT2D eigenvalue weighted by Gasteiger charge is 2.17. The molecule has 0 aliphatic heterocycles. The largest absolute Gasteiger partial charge is 0.383 e. The molecule has 0 fully saturated rings. The number of nitrogens with zero attached hydrogens (tertiary/aromatic N) is 1. The van der Waals surface area contributed by atoms with Gasteiger partial charge in [0.1, 0.15) is 11.6 Å². The van der Waals surface area contributed by atoms with Crippen LogP contribution in [0.1, 0.15) is 27.0 Å². The Labute approximate surface area is 104 Å². The second-order valence-corrected chi connectivity index (χ2v) is 4.18. The van der Waals surface area contributed by atoms with E-state index in [1.807, 2.05) is 0 Å². The third-order valence-electron chi connectivity index (χ3n) is 2.85. The van der Waals surface area contributed by atoms with E-state index < -0.39 is 0 Å². The maximum Gasteiger partial charge on any atom is 0.197 e. The number of hydrogen-bond donors (Lipinski definition) is 1. The van der Waals surface area contributed by atoms with Gasteiger partial charge < -0.3 is 5.73 Å². The third-order valence-corrected chi connectivity index (χ3v) is 2.85. The highest BCUT2D eigenvalue weighted by atomic mass is 19.1. The Morgan fingerprint density at radius 3 is 2.56 bits per heavy atom. The Morgan fingerprint density at radius 1 is 1.22 bits per heavy atom. The van der Waals surface area contributed by atoms with Gasteiger partial charge in [-0.25, -0.2) is 9.37 Å². The van der Waals surface area contributed by atoms with Gasteiger partial charge in [0.05, 0.1) is 5.56 Å². The molecule has 0 radical (unpaired) electrons. The number of carbonyl (C=O) groups is 1. The van der Waals surface area contributed by atoms with Crippen molar-refractivity contribution in [3.05, 3.63) is 58.5 Å². The van der Waals surface area contributed by atoms with Crippen LogP contribution in [0, 0.1) is 19.7 Å². The summed E-state index contributed by atoms with van der Waals surface area (Å²) in [5, 5.41) is 0. The maximum absolute atomic E-state index is 13.0. The van der Waals surface area contributed by atoms with E-state index in [4.69, 9.17) is 5.73 Å². The van der Waals surface area contributed by atoms with E-state index in [1.54, 1.807) is 26.1 Å². The summed E-state index contributed by atoms with van der Waals surface area (Å²) < 4.78 is 13.0. The van der Waals surface area contributed by atoms with Crippen LogP contribution in [-0.4, -0.2) is 10.8 Å². The Morgan fingerprint density at radius 2 is 1.94 bits per heavy atom. The fourth-order valence-corrected chi connectivity index (χ4v) is 1.89.